The smallest absolute Gasteiger partial charge is 0.347 e. The molecule has 0 saturated heterocycles. The Hall–Kier alpha value is -2.34. The predicted molar refractivity (Wildman–Crippen MR) is 56.8 cm³/mol. The molecule has 0 aliphatic carbocycles. The standard InChI is InChI=1S/C12H9NO2/c1-2-10(11(8-13)12(14)15)9-6-4-3-5-7-9/h2-7H,1H2,(H,14,15). The first-order valence-corrected chi connectivity index (χ1v) is 4.26. The third-order valence-electron chi connectivity index (χ3n) is 1.88. The summed E-state index contributed by atoms with van der Waals surface area (Å²) in [6.07, 6.45) is 1.38. The van der Waals surface area contributed by atoms with Crippen LogP contribution in [-0.4, -0.2) is 11.1 Å². The Labute approximate surface area is 87.6 Å². The monoisotopic (exact) mass is 199 g/mol. The minimum Gasteiger partial charge on any atom is -0.477 e. The van der Waals surface area contributed by atoms with Crippen LogP contribution in [0, 0.1) is 11.3 Å². The van der Waals surface area contributed by atoms with Gasteiger partial charge in [0.25, 0.3) is 0 Å². The minimum atomic E-state index is -1.24. The van der Waals surface area contributed by atoms with Crippen molar-refractivity contribution in [3.05, 3.63) is 54.1 Å². The minimum absolute atomic E-state index is 0.295. The summed E-state index contributed by atoms with van der Waals surface area (Å²) in [5.74, 6) is -1.24. The normalized spacial score (nSPS) is 11.1. The number of carboxylic acid groups (broad SMARTS) is 1. The van der Waals surface area contributed by atoms with Crippen LogP contribution in [0.2, 0.25) is 0 Å². The van der Waals surface area contributed by atoms with Gasteiger partial charge in [0, 0.05) is 5.57 Å². The van der Waals surface area contributed by atoms with Gasteiger partial charge in [-0.15, -0.1) is 0 Å². The number of allylic oxidation sites excluding steroid dienone is 2. The molecule has 0 unspecified atom stereocenters. The van der Waals surface area contributed by atoms with Gasteiger partial charge in [-0.1, -0.05) is 43.0 Å². The van der Waals surface area contributed by atoms with E-state index in [2.05, 4.69) is 6.58 Å². The Kier molecular flexibility index (Phi) is 3.42. The highest BCUT2D eigenvalue weighted by molar-refractivity contribution is 6.02. The van der Waals surface area contributed by atoms with Crippen LogP contribution in [0.1, 0.15) is 5.56 Å². The van der Waals surface area contributed by atoms with Crippen LogP contribution in [-0.2, 0) is 4.79 Å². The van der Waals surface area contributed by atoms with E-state index in [1.54, 1.807) is 30.3 Å². The molecule has 3 nitrogen and oxygen atoms in total. The molecule has 0 radical (unpaired) electrons. The molecule has 1 N–H and O–H groups in total. The van der Waals surface area contributed by atoms with E-state index in [4.69, 9.17) is 10.4 Å². The first kappa shape index (κ1) is 10.7. The number of nitriles is 1. The number of nitrogens with zero attached hydrogens (tertiary/aromatic N) is 1. The Morgan fingerprint density at radius 1 is 1.40 bits per heavy atom. The number of benzene rings is 1. The third-order valence-corrected chi connectivity index (χ3v) is 1.88. The lowest BCUT2D eigenvalue weighted by molar-refractivity contribution is -0.132. The quantitative estimate of drug-likeness (QED) is 0.461. The van der Waals surface area contributed by atoms with Crippen molar-refractivity contribution in [2.45, 2.75) is 0 Å². The molecule has 0 aliphatic heterocycles. The molecular weight excluding hydrogens is 190 g/mol. The molecular formula is C12H9NO2. The summed E-state index contributed by atoms with van der Waals surface area (Å²) < 4.78 is 0. The van der Waals surface area contributed by atoms with Crippen LogP contribution >= 0.6 is 0 Å². The summed E-state index contributed by atoms with van der Waals surface area (Å²) in [5.41, 5.74) is 0.716. The molecule has 0 amide bonds. The topological polar surface area (TPSA) is 61.1 Å². The molecule has 0 aliphatic rings. The third kappa shape index (κ3) is 2.32. The van der Waals surface area contributed by atoms with Crippen LogP contribution < -0.4 is 0 Å². The number of carboxylic acids is 1. The van der Waals surface area contributed by atoms with Crippen LogP contribution in [0.4, 0.5) is 0 Å². The molecule has 0 fully saturated rings. The molecule has 15 heavy (non-hydrogen) atoms. The SMILES string of the molecule is C=CC(=C(C#N)C(=O)O)c1ccccc1. The molecule has 0 saturated carbocycles. The van der Waals surface area contributed by atoms with E-state index in [0.717, 1.165) is 0 Å². The van der Waals surface area contributed by atoms with Crippen molar-refractivity contribution < 1.29 is 9.90 Å². The van der Waals surface area contributed by atoms with Crippen LogP contribution in [0.3, 0.4) is 0 Å². The van der Waals surface area contributed by atoms with Crippen molar-refractivity contribution in [1.29, 1.82) is 5.26 Å². The first-order chi connectivity index (χ1) is 7.20. The maximum Gasteiger partial charge on any atom is 0.347 e. The van der Waals surface area contributed by atoms with E-state index in [-0.39, 0.29) is 5.57 Å². The Morgan fingerprint density at radius 3 is 2.40 bits per heavy atom. The van der Waals surface area contributed by atoms with Gasteiger partial charge in [-0.05, 0) is 5.56 Å². The first-order valence-electron chi connectivity index (χ1n) is 4.26. The highest BCUT2D eigenvalue weighted by atomic mass is 16.4. The van der Waals surface area contributed by atoms with Crippen molar-refractivity contribution >= 4 is 11.5 Å². The number of hydrogen-bond acceptors (Lipinski definition) is 2. The van der Waals surface area contributed by atoms with Gasteiger partial charge in [-0.25, -0.2) is 4.79 Å². The second-order valence-corrected chi connectivity index (χ2v) is 2.78. The number of carbonyl (C=O) groups is 1. The lowest BCUT2D eigenvalue weighted by atomic mass is 10.0. The average molecular weight is 199 g/mol. The van der Waals surface area contributed by atoms with Crippen LogP contribution in [0.15, 0.2) is 48.6 Å². The number of aliphatic carboxylic acids is 1. The average Bonchev–Trinajstić information content (AvgIpc) is 2.26. The van der Waals surface area contributed by atoms with Crippen LogP contribution in [0.25, 0.3) is 5.57 Å². The Balaban J connectivity index is 3.37. The van der Waals surface area contributed by atoms with Gasteiger partial charge in [-0.2, -0.15) is 5.26 Å². The largest absolute Gasteiger partial charge is 0.477 e. The molecule has 1 rings (SSSR count). The van der Waals surface area contributed by atoms with Gasteiger partial charge in [-0.3, -0.25) is 0 Å². The summed E-state index contributed by atoms with van der Waals surface area (Å²) in [7, 11) is 0. The molecule has 0 spiro atoms. The van der Waals surface area contributed by atoms with Gasteiger partial charge < -0.3 is 5.11 Å². The van der Waals surface area contributed by atoms with Crippen molar-refractivity contribution in [1.82, 2.24) is 0 Å². The van der Waals surface area contributed by atoms with E-state index in [0.29, 0.717) is 11.1 Å². The summed E-state index contributed by atoms with van der Waals surface area (Å²) >= 11 is 0. The van der Waals surface area contributed by atoms with E-state index in [1.807, 2.05) is 6.07 Å². The second kappa shape index (κ2) is 4.77. The van der Waals surface area contributed by atoms with Crippen molar-refractivity contribution in [3.63, 3.8) is 0 Å². The van der Waals surface area contributed by atoms with E-state index in [1.165, 1.54) is 6.08 Å². The molecule has 0 bridgehead atoms. The Morgan fingerprint density at radius 2 is 2.00 bits per heavy atom. The lowest BCUT2D eigenvalue weighted by Crippen LogP contribution is -2.01. The van der Waals surface area contributed by atoms with Gasteiger partial charge in [0.1, 0.15) is 11.6 Å². The summed E-state index contributed by atoms with van der Waals surface area (Å²) in [4.78, 5) is 10.8. The molecule has 0 heterocycles. The molecule has 0 atom stereocenters. The van der Waals surface area contributed by atoms with Gasteiger partial charge in [0.05, 0.1) is 0 Å². The fraction of sp³-hybridized carbons (Fsp3) is 0. The Bertz CT molecular complexity index is 452. The zero-order valence-electron chi connectivity index (χ0n) is 7.97. The maximum absolute atomic E-state index is 10.8. The molecule has 74 valence electrons. The van der Waals surface area contributed by atoms with Crippen molar-refractivity contribution in [2.24, 2.45) is 0 Å². The second-order valence-electron chi connectivity index (χ2n) is 2.78. The molecule has 0 aromatic heterocycles. The van der Waals surface area contributed by atoms with Crippen molar-refractivity contribution in [3.8, 4) is 6.07 Å². The summed E-state index contributed by atoms with van der Waals surface area (Å²) in [5, 5.41) is 17.5. The highest BCUT2D eigenvalue weighted by Crippen LogP contribution is 2.19. The lowest BCUT2D eigenvalue weighted by Gasteiger charge is -2.02. The number of rotatable bonds is 3. The summed E-state index contributed by atoms with van der Waals surface area (Å²) in [6.45, 7) is 3.52. The van der Waals surface area contributed by atoms with Gasteiger partial charge >= 0.3 is 5.97 Å². The predicted octanol–water partition coefficient (Wildman–Crippen LogP) is 2.23. The van der Waals surface area contributed by atoms with E-state index >= 15 is 0 Å². The zero-order chi connectivity index (χ0) is 11.3. The van der Waals surface area contributed by atoms with Crippen molar-refractivity contribution in [2.75, 3.05) is 0 Å². The van der Waals surface area contributed by atoms with E-state index in [9.17, 15) is 4.79 Å². The van der Waals surface area contributed by atoms with Crippen LogP contribution in [0.5, 0.6) is 0 Å². The zero-order valence-corrected chi connectivity index (χ0v) is 7.97. The molecule has 1 aromatic rings. The summed E-state index contributed by atoms with van der Waals surface area (Å²) in [6, 6.07) is 10.5. The highest BCUT2D eigenvalue weighted by Gasteiger charge is 2.12. The van der Waals surface area contributed by atoms with E-state index < -0.39 is 5.97 Å². The molecule has 3 heteroatoms. The fourth-order valence-corrected chi connectivity index (χ4v) is 1.21. The molecule has 1 aromatic carbocycles. The van der Waals surface area contributed by atoms with Gasteiger partial charge in [0.15, 0.2) is 0 Å². The van der Waals surface area contributed by atoms with Gasteiger partial charge in [0.2, 0.25) is 0 Å². The number of hydrogen-bond donors (Lipinski definition) is 1. The fourth-order valence-electron chi connectivity index (χ4n) is 1.21. The maximum atomic E-state index is 10.8.